The first-order valence-electron chi connectivity index (χ1n) is 8.13. The first-order valence-corrected chi connectivity index (χ1v) is 8.13. The van der Waals surface area contributed by atoms with Crippen LogP contribution in [0.25, 0.3) is 0 Å². The van der Waals surface area contributed by atoms with Crippen LogP contribution in [0.15, 0.2) is 42.5 Å². The number of anilines is 1. The molecule has 2 rings (SSSR count). The molecule has 2 amide bonds. The highest BCUT2D eigenvalue weighted by atomic mass is 19.4. The van der Waals surface area contributed by atoms with Crippen LogP contribution >= 0.6 is 0 Å². The van der Waals surface area contributed by atoms with Crippen molar-refractivity contribution in [1.29, 1.82) is 0 Å². The minimum atomic E-state index is -4.47. The van der Waals surface area contributed by atoms with Gasteiger partial charge in [0.15, 0.2) is 18.1 Å². The summed E-state index contributed by atoms with van der Waals surface area (Å²) in [6.07, 6.45) is -4.47. The summed E-state index contributed by atoms with van der Waals surface area (Å²) in [4.78, 5) is 13.8. The van der Waals surface area contributed by atoms with Crippen molar-refractivity contribution in [3.8, 4) is 11.5 Å². The molecule has 27 heavy (non-hydrogen) atoms. The van der Waals surface area contributed by atoms with Gasteiger partial charge in [-0.15, -0.1) is 0 Å². The smallest absolute Gasteiger partial charge is 0.422 e. The molecule has 146 valence electrons. The molecular weight excluding hydrogens is 361 g/mol. The van der Waals surface area contributed by atoms with Crippen LogP contribution in [-0.2, 0) is 6.54 Å². The second-order valence-electron chi connectivity index (χ2n) is 6.04. The Kier molecular flexibility index (Phi) is 6.55. The molecule has 5 nitrogen and oxygen atoms in total. The van der Waals surface area contributed by atoms with Crippen LogP contribution in [0.1, 0.15) is 11.1 Å². The number of benzene rings is 2. The highest BCUT2D eigenvalue weighted by molar-refractivity contribution is 5.89. The van der Waals surface area contributed by atoms with Gasteiger partial charge in [-0.1, -0.05) is 29.8 Å². The number of urea groups is 1. The zero-order valence-electron chi connectivity index (χ0n) is 15.3. The summed E-state index contributed by atoms with van der Waals surface area (Å²) in [5.74, 6) is 0.0408. The number of amides is 2. The van der Waals surface area contributed by atoms with E-state index < -0.39 is 18.8 Å². The van der Waals surface area contributed by atoms with Crippen molar-refractivity contribution < 1.29 is 27.4 Å². The van der Waals surface area contributed by atoms with Gasteiger partial charge in [0.2, 0.25) is 0 Å². The lowest BCUT2D eigenvalue weighted by atomic mass is 10.1. The lowest BCUT2D eigenvalue weighted by molar-refractivity contribution is -0.153. The van der Waals surface area contributed by atoms with Crippen LogP contribution in [0.2, 0.25) is 0 Å². The Morgan fingerprint density at radius 2 is 1.78 bits per heavy atom. The summed E-state index contributed by atoms with van der Waals surface area (Å²) >= 11 is 0. The van der Waals surface area contributed by atoms with E-state index in [0.717, 1.165) is 11.1 Å². The van der Waals surface area contributed by atoms with Crippen molar-refractivity contribution in [1.82, 2.24) is 4.90 Å². The number of hydrogen-bond donors (Lipinski definition) is 1. The fourth-order valence-electron chi connectivity index (χ4n) is 2.28. The maximum atomic E-state index is 12.4. The van der Waals surface area contributed by atoms with Crippen LogP contribution in [-0.4, -0.2) is 37.9 Å². The maximum Gasteiger partial charge on any atom is 0.422 e. The predicted molar refractivity (Wildman–Crippen MR) is 96.2 cm³/mol. The van der Waals surface area contributed by atoms with Crippen molar-refractivity contribution in [2.45, 2.75) is 19.6 Å². The fourth-order valence-corrected chi connectivity index (χ4v) is 2.28. The third-order valence-corrected chi connectivity index (χ3v) is 3.69. The van der Waals surface area contributed by atoms with Crippen molar-refractivity contribution in [3.63, 3.8) is 0 Å². The van der Waals surface area contributed by atoms with E-state index in [-0.39, 0.29) is 11.5 Å². The number of rotatable bonds is 6. The SMILES string of the molecule is COc1ccc(NC(=O)N(C)Cc2ccc(C)cc2)cc1OCC(F)(F)F. The van der Waals surface area contributed by atoms with Gasteiger partial charge in [0.1, 0.15) is 0 Å². The Morgan fingerprint density at radius 3 is 2.37 bits per heavy atom. The molecular formula is C19H21F3N2O3. The number of nitrogens with zero attached hydrogens (tertiary/aromatic N) is 1. The molecule has 0 aliphatic rings. The second kappa shape index (κ2) is 8.66. The molecule has 0 fully saturated rings. The number of ether oxygens (including phenoxy) is 2. The summed E-state index contributed by atoms with van der Waals surface area (Å²) in [5.41, 5.74) is 2.38. The molecule has 0 heterocycles. The van der Waals surface area contributed by atoms with Gasteiger partial charge in [-0.3, -0.25) is 0 Å². The van der Waals surface area contributed by atoms with Crippen molar-refractivity contribution in [2.75, 3.05) is 26.1 Å². The summed E-state index contributed by atoms with van der Waals surface area (Å²) in [6.45, 7) is 0.913. The number of alkyl halides is 3. The summed E-state index contributed by atoms with van der Waals surface area (Å²) in [7, 11) is 2.95. The molecule has 0 saturated carbocycles. The number of carbonyl (C=O) groups is 1. The number of carbonyl (C=O) groups excluding carboxylic acids is 1. The van der Waals surface area contributed by atoms with E-state index in [9.17, 15) is 18.0 Å². The van der Waals surface area contributed by atoms with Gasteiger partial charge in [-0.2, -0.15) is 13.2 Å². The van der Waals surface area contributed by atoms with Gasteiger partial charge in [-0.05, 0) is 24.6 Å². The summed E-state index contributed by atoms with van der Waals surface area (Å²) in [6, 6.07) is 11.6. The zero-order valence-corrected chi connectivity index (χ0v) is 15.3. The van der Waals surface area contributed by atoms with E-state index in [1.165, 1.54) is 30.2 Å². The number of methoxy groups -OCH3 is 1. The Morgan fingerprint density at radius 1 is 1.11 bits per heavy atom. The molecule has 0 radical (unpaired) electrons. The largest absolute Gasteiger partial charge is 0.493 e. The molecule has 1 N–H and O–H groups in total. The number of nitrogens with one attached hydrogen (secondary N) is 1. The van der Waals surface area contributed by atoms with E-state index >= 15 is 0 Å². The highest BCUT2D eigenvalue weighted by Gasteiger charge is 2.29. The standard InChI is InChI=1S/C19H21F3N2O3/c1-13-4-6-14(7-5-13)11-24(2)18(25)23-15-8-9-16(26-3)17(10-15)27-12-19(20,21)22/h4-10H,11-12H2,1-3H3,(H,23,25). The van der Waals surface area contributed by atoms with Crippen LogP contribution < -0.4 is 14.8 Å². The Labute approximate surface area is 155 Å². The number of aryl methyl sites for hydroxylation is 1. The average Bonchev–Trinajstić information content (AvgIpc) is 2.61. The molecule has 0 unspecified atom stereocenters. The van der Waals surface area contributed by atoms with Gasteiger partial charge in [-0.25, -0.2) is 4.79 Å². The topological polar surface area (TPSA) is 50.8 Å². The molecule has 0 aliphatic heterocycles. The molecule has 2 aromatic rings. The van der Waals surface area contributed by atoms with Gasteiger partial charge in [0.25, 0.3) is 0 Å². The van der Waals surface area contributed by atoms with Crippen LogP contribution in [0.3, 0.4) is 0 Å². The fraction of sp³-hybridized carbons (Fsp3) is 0.316. The molecule has 0 aromatic heterocycles. The van der Waals surface area contributed by atoms with Gasteiger partial charge >= 0.3 is 12.2 Å². The van der Waals surface area contributed by atoms with Gasteiger partial charge < -0.3 is 19.7 Å². The van der Waals surface area contributed by atoms with Crippen molar-refractivity contribution in [3.05, 3.63) is 53.6 Å². The monoisotopic (exact) mass is 382 g/mol. The summed E-state index contributed by atoms with van der Waals surface area (Å²) in [5, 5.41) is 2.63. The average molecular weight is 382 g/mol. The van der Waals surface area contributed by atoms with E-state index in [2.05, 4.69) is 5.32 Å². The zero-order chi connectivity index (χ0) is 20.0. The minimum Gasteiger partial charge on any atom is -0.493 e. The van der Waals surface area contributed by atoms with Gasteiger partial charge in [0.05, 0.1) is 7.11 Å². The third-order valence-electron chi connectivity index (χ3n) is 3.69. The lowest BCUT2D eigenvalue weighted by Gasteiger charge is -2.19. The second-order valence-corrected chi connectivity index (χ2v) is 6.04. The van der Waals surface area contributed by atoms with E-state index in [4.69, 9.17) is 9.47 Å². The molecule has 0 aliphatic carbocycles. The third kappa shape index (κ3) is 6.40. The van der Waals surface area contributed by atoms with E-state index in [0.29, 0.717) is 12.2 Å². The molecule has 0 atom stereocenters. The first kappa shape index (κ1) is 20.4. The predicted octanol–water partition coefficient (Wildman–Crippen LogP) is 4.61. The lowest BCUT2D eigenvalue weighted by Crippen LogP contribution is -2.30. The Balaban J connectivity index is 2.04. The van der Waals surface area contributed by atoms with E-state index in [1.54, 1.807) is 7.05 Å². The van der Waals surface area contributed by atoms with Gasteiger partial charge in [0, 0.05) is 25.3 Å². The molecule has 0 bridgehead atoms. The quantitative estimate of drug-likeness (QED) is 0.794. The molecule has 0 saturated heterocycles. The van der Waals surface area contributed by atoms with Crippen LogP contribution in [0, 0.1) is 6.92 Å². The number of halogens is 3. The minimum absolute atomic E-state index is 0.103. The van der Waals surface area contributed by atoms with Crippen LogP contribution in [0.5, 0.6) is 11.5 Å². The highest BCUT2D eigenvalue weighted by Crippen LogP contribution is 2.31. The Bertz CT molecular complexity index is 777. The van der Waals surface area contributed by atoms with Crippen molar-refractivity contribution >= 4 is 11.7 Å². The maximum absolute atomic E-state index is 12.4. The Hall–Kier alpha value is -2.90. The van der Waals surface area contributed by atoms with Crippen LogP contribution in [0.4, 0.5) is 23.7 Å². The molecule has 0 spiro atoms. The molecule has 8 heteroatoms. The normalized spacial score (nSPS) is 11.0. The molecule has 2 aromatic carbocycles. The van der Waals surface area contributed by atoms with Crippen molar-refractivity contribution in [2.24, 2.45) is 0 Å². The first-order chi connectivity index (χ1) is 12.7. The van der Waals surface area contributed by atoms with E-state index in [1.807, 2.05) is 31.2 Å². The number of hydrogen-bond acceptors (Lipinski definition) is 3. The summed E-state index contributed by atoms with van der Waals surface area (Å²) < 4.78 is 46.9.